The fraction of sp³-hybridized carbons (Fsp3) is 0.417. The number of piperidine rings is 1. The SMILES string of the molecule is O=C(c1cc(Br)ccc1F)N1CCCCC1. The van der Waals surface area contributed by atoms with Crippen LogP contribution < -0.4 is 0 Å². The highest BCUT2D eigenvalue weighted by molar-refractivity contribution is 9.10. The van der Waals surface area contributed by atoms with Gasteiger partial charge in [-0.15, -0.1) is 0 Å². The maximum Gasteiger partial charge on any atom is 0.256 e. The molecule has 0 N–H and O–H groups in total. The molecule has 0 saturated carbocycles. The smallest absolute Gasteiger partial charge is 0.256 e. The summed E-state index contributed by atoms with van der Waals surface area (Å²) in [6.07, 6.45) is 3.19. The Morgan fingerprint density at radius 3 is 2.62 bits per heavy atom. The third kappa shape index (κ3) is 2.43. The molecule has 0 atom stereocenters. The number of likely N-dealkylation sites (tertiary alicyclic amines) is 1. The lowest BCUT2D eigenvalue weighted by molar-refractivity contribution is 0.0719. The Hall–Kier alpha value is -0.900. The molecule has 1 aliphatic heterocycles. The van der Waals surface area contributed by atoms with E-state index < -0.39 is 5.82 Å². The summed E-state index contributed by atoms with van der Waals surface area (Å²) in [5.74, 6) is -0.641. The highest BCUT2D eigenvalue weighted by atomic mass is 79.9. The molecule has 0 radical (unpaired) electrons. The van der Waals surface area contributed by atoms with Crippen LogP contribution in [0, 0.1) is 5.82 Å². The fourth-order valence-corrected chi connectivity index (χ4v) is 2.29. The molecule has 1 aliphatic rings. The van der Waals surface area contributed by atoms with Crippen LogP contribution in [0.4, 0.5) is 4.39 Å². The van der Waals surface area contributed by atoms with Gasteiger partial charge >= 0.3 is 0 Å². The number of benzene rings is 1. The number of nitrogens with zero attached hydrogens (tertiary/aromatic N) is 1. The molecule has 0 spiro atoms. The van der Waals surface area contributed by atoms with Gasteiger partial charge in [-0.2, -0.15) is 0 Å². The second kappa shape index (κ2) is 4.95. The van der Waals surface area contributed by atoms with E-state index in [9.17, 15) is 9.18 Å². The van der Waals surface area contributed by atoms with E-state index in [4.69, 9.17) is 0 Å². The summed E-state index contributed by atoms with van der Waals surface area (Å²) in [5, 5.41) is 0. The van der Waals surface area contributed by atoms with Crippen LogP contribution in [0.3, 0.4) is 0 Å². The van der Waals surface area contributed by atoms with Crippen LogP contribution in [0.1, 0.15) is 29.6 Å². The summed E-state index contributed by atoms with van der Waals surface area (Å²) in [7, 11) is 0. The molecule has 2 nitrogen and oxygen atoms in total. The van der Waals surface area contributed by atoms with Gasteiger partial charge in [0.15, 0.2) is 0 Å². The van der Waals surface area contributed by atoms with Gasteiger partial charge in [0.05, 0.1) is 5.56 Å². The Morgan fingerprint density at radius 1 is 1.25 bits per heavy atom. The normalized spacial score (nSPS) is 16.2. The number of rotatable bonds is 1. The number of carbonyl (C=O) groups excluding carboxylic acids is 1. The third-order valence-corrected chi connectivity index (χ3v) is 3.30. The van der Waals surface area contributed by atoms with Gasteiger partial charge in [-0.25, -0.2) is 4.39 Å². The lowest BCUT2D eigenvalue weighted by Crippen LogP contribution is -2.36. The number of hydrogen-bond donors (Lipinski definition) is 0. The third-order valence-electron chi connectivity index (χ3n) is 2.80. The minimum atomic E-state index is -0.446. The summed E-state index contributed by atoms with van der Waals surface area (Å²) in [6, 6.07) is 4.47. The van der Waals surface area contributed by atoms with Crippen molar-refractivity contribution in [2.45, 2.75) is 19.3 Å². The first-order chi connectivity index (χ1) is 7.68. The van der Waals surface area contributed by atoms with Crippen LogP contribution in [0.2, 0.25) is 0 Å². The van der Waals surface area contributed by atoms with Crippen molar-refractivity contribution in [2.75, 3.05) is 13.1 Å². The van der Waals surface area contributed by atoms with Gasteiger partial charge in [0, 0.05) is 17.6 Å². The van der Waals surface area contributed by atoms with Gasteiger partial charge in [-0.3, -0.25) is 4.79 Å². The Kier molecular flexibility index (Phi) is 3.59. The van der Waals surface area contributed by atoms with Crippen molar-refractivity contribution < 1.29 is 9.18 Å². The maximum atomic E-state index is 13.5. The Bertz CT molecular complexity index is 402. The van der Waals surface area contributed by atoms with E-state index in [1.807, 2.05) is 0 Å². The van der Waals surface area contributed by atoms with E-state index in [2.05, 4.69) is 15.9 Å². The summed E-state index contributed by atoms with van der Waals surface area (Å²) in [4.78, 5) is 13.8. The predicted molar refractivity (Wildman–Crippen MR) is 63.9 cm³/mol. The standard InChI is InChI=1S/C12H13BrFNO/c13-9-4-5-11(14)10(8-9)12(16)15-6-2-1-3-7-15/h4-5,8H,1-3,6-7H2. The molecule has 1 amide bonds. The van der Waals surface area contributed by atoms with E-state index in [-0.39, 0.29) is 11.5 Å². The zero-order chi connectivity index (χ0) is 11.5. The Morgan fingerprint density at radius 2 is 1.94 bits per heavy atom. The maximum absolute atomic E-state index is 13.5. The Labute approximate surface area is 103 Å². The first kappa shape index (κ1) is 11.6. The van der Waals surface area contributed by atoms with Gasteiger partial charge in [-0.1, -0.05) is 15.9 Å². The molecule has 86 valence electrons. The second-order valence-corrected chi connectivity index (χ2v) is 4.89. The lowest BCUT2D eigenvalue weighted by atomic mass is 10.1. The molecule has 1 aromatic rings. The van der Waals surface area contributed by atoms with E-state index in [0.717, 1.165) is 36.8 Å². The van der Waals surface area contributed by atoms with E-state index in [1.165, 1.54) is 6.07 Å². The highest BCUT2D eigenvalue weighted by Crippen LogP contribution is 2.19. The molecule has 1 heterocycles. The zero-order valence-corrected chi connectivity index (χ0v) is 10.5. The van der Waals surface area contributed by atoms with Crippen molar-refractivity contribution >= 4 is 21.8 Å². The monoisotopic (exact) mass is 285 g/mol. The quantitative estimate of drug-likeness (QED) is 0.776. The number of amides is 1. The first-order valence-corrected chi connectivity index (χ1v) is 6.22. The molecule has 2 rings (SSSR count). The van der Waals surface area contributed by atoms with Crippen LogP contribution >= 0.6 is 15.9 Å². The number of hydrogen-bond acceptors (Lipinski definition) is 1. The van der Waals surface area contributed by atoms with Crippen LogP contribution in [0.25, 0.3) is 0 Å². The first-order valence-electron chi connectivity index (χ1n) is 5.43. The molecule has 4 heteroatoms. The molecular weight excluding hydrogens is 273 g/mol. The molecular formula is C12H13BrFNO. The van der Waals surface area contributed by atoms with Crippen LogP contribution in [-0.2, 0) is 0 Å². The fourth-order valence-electron chi connectivity index (χ4n) is 1.93. The largest absolute Gasteiger partial charge is 0.339 e. The van der Waals surface area contributed by atoms with Crippen molar-refractivity contribution in [1.29, 1.82) is 0 Å². The average Bonchev–Trinajstić information content (AvgIpc) is 2.32. The van der Waals surface area contributed by atoms with Crippen LogP contribution in [-0.4, -0.2) is 23.9 Å². The van der Waals surface area contributed by atoms with Crippen molar-refractivity contribution in [1.82, 2.24) is 4.90 Å². The van der Waals surface area contributed by atoms with E-state index in [1.54, 1.807) is 17.0 Å². The molecule has 0 unspecified atom stereocenters. The van der Waals surface area contributed by atoms with Gasteiger partial charge in [0.1, 0.15) is 5.82 Å². The zero-order valence-electron chi connectivity index (χ0n) is 8.88. The van der Waals surface area contributed by atoms with Crippen LogP contribution in [0.5, 0.6) is 0 Å². The Balaban J connectivity index is 2.22. The summed E-state index contributed by atoms with van der Waals surface area (Å²) in [5.41, 5.74) is 0.163. The summed E-state index contributed by atoms with van der Waals surface area (Å²) >= 11 is 3.25. The summed E-state index contributed by atoms with van der Waals surface area (Å²) < 4.78 is 14.2. The molecule has 1 fully saturated rings. The molecule has 1 saturated heterocycles. The molecule has 0 bridgehead atoms. The molecule has 0 aliphatic carbocycles. The number of halogens is 2. The van der Waals surface area contributed by atoms with Gasteiger partial charge < -0.3 is 4.90 Å². The van der Waals surface area contributed by atoms with Crippen molar-refractivity contribution in [3.8, 4) is 0 Å². The van der Waals surface area contributed by atoms with Gasteiger partial charge in [0.2, 0.25) is 0 Å². The number of carbonyl (C=O) groups is 1. The van der Waals surface area contributed by atoms with E-state index >= 15 is 0 Å². The lowest BCUT2D eigenvalue weighted by Gasteiger charge is -2.26. The minimum absolute atomic E-state index is 0.163. The highest BCUT2D eigenvalue weighted by Gasteiger charge is 2.20. The second-order valence-electron chi connectivity index (χ2n) is 3.98. The average molecular weight is 286 g/mol. The molecule has 1 aromatic carbocycles. The van der Waals surface area contributed by atoms with Crippen molar-refractivity contribution in [2.24, 2.45) is 0 Å². The van der Waals surface area contributed by atoms with Crippen molar-refractivity contribution in [3.63, 3.8) is 0 Å². The topological polar surface area (TPSA) is 20.3 Å². The summed E-state index contributed by atoms with van der Waals surface area (Å²) in [6.45, 7) is 1.48. The van der Waals surface area contributed by atoms with Crippen molar-refractivity contribution in [3.05, 3.63) is 34.1 Å². The van der Waals surface area contributed by atoms with E-state index in [0.29, 0.717) is 0 Å². The predicted octanol–water partition coefficient (Wildman–Crippen LogP) is 3.21. The van der Waals surface area contributed by atoms with Gasteiger partial charge in [-0.05, 0) is 37.5 Å². The van der Waals surface area contributed by atoms with Crippen LogP contribution in [0.15, 0.2) is 22.7 Å². The molecule has 16 heavy (non-hydrogen) atoms. The van der Waals surface area contributed by atoms with Gasteiger partial charge in [0.25, 0.3) is 5.91 Å². The molecule has 0 aromatic heterocycles. The minimum Gasteiger partial charge on any atom is -0.339 e.